The molecule has 0 aromatic heterocycles. The number of anilines is 2. The smallest absolute Gasteiger partial charge is 0.199 e. The van der Waals surface area contributed by atoms with E-state index in [1.165, 1.54) is 5.56 Å². The molecule has 2 aromatic carbocycles. The van der Waals surface area contributed by atoms with Crippen LogP contribution in [-0.2, 0) is 16.0 Å². The van der Waals surface area contributed by atoms with Gasteiger partial charge in [-0.1, -0.05) is 18.2 Å². The maximum atomic E-state index is 13.7. The zero-order chi connectivity index (χ0) is 20.9. The Kier molecular flexibility index (Phi) is 4.29. The lowest BCUT2D eigenvalue weighted by atomic mass is 9.89. The van der Waals surface area contributed by atoms with Crippen LogP contribution < -0.4 is 19.7 Å². The van der Waals surface area contributed by atoms with Crippen molar-refractivity contribution in [3.05, 3.63) is 59.3 Å². The third-order valence-electron chi connectivity index (χ3n) is 5.97. The summed E-state index contributed by atoms with van der Waals surface area (Å²) in [6.45, 7) is 0.627. The number of para-hydroxylation sites is 1. The molecule has 5 rings (SSSR count). The molecule has 0 saturated carbocycles. The SMILES string of the molecule is CN=C1C(=C2Cc3ccccc3N2)C(=O)C2(COC2)N1c1cc(OC)cc(OC)c1. The zero-order valence-corrected chi connectivity index (χ0v) is 17.2. The normalized spacial score (nSPS) is 22.8. The van der Waals surface area contributed by atoms with Crippen LogP contribution in [0.1, 0.15) is 5.56 Å². The van der Waals surface area contributed by atoms with Gasteiger partial charge in [-0.25, -0.2) is 0 Å². The molecule has 0 aliphatic carbocycles. The summed E-state index contributed by atoms with van der Waals surface area (Å²) in [6, 6.07) is 13.7. The van der Waals surface area contributed by atoms with Crippen molar-refractivity contribution in [3.8, 4) is 11.5 Å². The highest BCUT2D eigenvalue weighted by Crippen LogP contribution is 2.45. The van der Waals surface area contributed by atoms with E-state index in [1.807, 2.05) is 41.3 Å². The van der Waals surface area contributed by atoms with Gasteiger partial charge in [-0.2, -0.15) is 0 Å². The van der Waals surface area contributed by atoms with Gasteiger partial charge in [-0.15, -0.1) is 0 Å². The first-order chi connectivity index (χ1) is 14.6. The minimum Gasteiger partial charge on any atom is -0.497 e. The molecule has 2 saturated heterocycles. The van der Waals surface area contributed by atoms with Crippen LogP contribution in [0.5, 0.6) is 11.5 Å². The van der Waals surface area contributed by atoms with Crippen molar-refractivity contribution in [2.24, 2.45) is 4.99 Å². The van der Waals surface area contributed by atoms with Crippen molar-refractivity contribution in [1.82, 2.24) is 0 Å². The molecule has 3 aliphatic heterocycles. The summed E-state index contributed by atoms with van der Waals surface area (Å²) in [5.74, 6) is 1.96. The fourth-order valence-electron chi connectivity index (χ4n) is 4.43. The van der Waals surface area contributed by atoms with E-state index < -0.39 is 5.54 Å². The zero-order valence-electron chi connectivity index (χ0n) is 17.2. The summed E-state index contributed by atoms with van der Waals surface area (Å²) in [7, 11) is 4.93. The number of fused-ring (bicyclic) bond motifs is 1. The number of carbonyl (C=O) groups excluding carboxylic acids is 1. The third kappa shape index (κ3) is 2.55. The number of aliphatic imine (C=N–C) groups is 1. The molecule has 0 bridgehead atoms. The van der Waals surface area contributed by atoms with Gasteiger partial charge in [-0.3, -0.25) is 9.79 Å². The molecule has 0 radical (unpaired) electrons. The van der Waals surface area contributed by atoms with Crippen LogP contribution in [0, 0.1) is 0 Å². The number of rotatable bonds is 3. The van der Waals surface area contributed by atoms with E-state index in [2.05, 4.69) is 16.4 Å². The van der Waals surface area contributed by atoms with Crippen LogP contribution in [0.4, 0.5) is 11.4 Å². The van der Waals surface area contributed by atoms with Gasteiger partial charge in [0.15, 0.2) is 11.3 Å². The number of allylic oxidation sites excluding steroid dienone is 1. The molecule has 7 nitrogen and oxygen atoms in total. The van der Waals surface area contributed by atoms with Gasteiger partial charge in [0.2, 0.25) is 0 Å². The predicted octanol–water partition coefficient (Wildman–Crippen LogP) is 2.81. The summed E-state index contributed by atoms with van der Waals surface area (Å²) in [4.78, 5) is 20.3. The highest BCUT2D eigenvalue weighted by molar-refractivity contribution is 6.38. The van der Waals surface area contributed by atoms with Gasteiger partial charge in [0.1, 0.15) is 17.3 Å². The summed E-state index contributed by atoms with van der Waals surface area (Å²) in [6.07, 6.45) is 0.669. The van der Waals surface area contributed by atoms with Crippen molar-refractivity contribution in [2.75, 3.05) is 44.7 Å². The second-order valence-electron chi connectivity index (χ2n) is 7.62. The van der Waals surface area contributed by atoms with Crippen molar-refractivity contribution in [2.45, 2.75) is 12.0 Å². The maximum Gasteiger partial charge on any atom is 0.199 e. The first-order valence-corrected chi connectivity index (χ1v) is 9.82. The van der Waals surface area contributed by atoms with Crippen LogP contribution in [0.3, 0.4) is 0 Å². The van der Waals surface area contributed by atoms with Crippen molar-refractivity contribution in [1.29, 1.82) is 0 Å². The minimum absolute atomic E-state index is 0.0337. The number of ketones is 1. The highest BCUT2D eigenvalue weighted by atomic mass is 16.5. The third-order valence-corrected chi connectivity index (χ3v) is 5.97. The Bertz CT molecular complexity index is 1050. The number of nitrogens with zero attached hydrogens (tertiary/aromatic N) is 2. The lowest BCUT2D eigenvalue weighted by molar-refractivity contribution is -0.134. The fraction of sp³-hybridized carbons (Fsp3) is 0.304. The van der Waals surface area contributed by atoms with Crippen molar-refractivity contribution < 1.29 is 19.0 Å². The molecule has 7 heteroatoms. The molecule has 3 aliphatic rings. The van der Waals surface area contributed by atoms with Crippen molar-refractivity contribution >= 4 is 23.0 Å². The molecule has 30 heavy (non-hydrogen) atoms. The number of hydrogen-bond acceptors (Lipinski definition) is 6. The lowest BCUT2D eigenvalue weighted by Gasteiger charge is -2.43. The monoisotopic (exact) mass is 405 g/mol. The lowest BCUT2D eigenvalue weighted by Crippen LogP contribution is -2.63. The van der Waals surface area contributed by atoms with E-state index in [0.717, 1.165) is 17.1 Å². The molecule has 3 heterocycles. The highest BCUT2D eigenvalue weighted by Gasteiger charge is 2.60. The molecule has 154 valence electrons. The molecule has 2 fully saturated rings. The Labute approximate surface area is 175 Å². The van der Waals surface area contributed by atoms with Gasteiger partial charge < -0.3 is 24.4 Å². The Hall–Kier alpha value is -3.32. The van der Waals surface area contributed by atoms with Gasteiger partial charge in [0.25, 0.3) is 0 Å². The number of methoxy groups -OCH3 is 2. The minimum atomic E-state index is -0.801. The molecule has 0 amide bonds. The Morgan fingerprint density at radius 1 is 1.10 bits per heavy atom. The summed E-state index contributed by atoms with van der Waals surface area (Å²) in [5.41, 5.74) is 3.69. The summed E-state index contributed by atoms with van der Waals surface area (Å²) < 4.78 is 16.4. The number of hydrogen-bond donors (Lipinski definition) is 1. The molecule has 1 N–H and O–H groups in total. The second kappa shape index (κ2) is 6.88. The average Bonchev–Trinajstić information content (AvgIpc) is 3.28. The van der Waals surface area contributed by atoms with Gasteiger partial charge in [-0.05, 0) is 11.6 Å². The number of amidine groups is 1. The largest absolute Gasteiger partial charge is 0.497 e. The average molecular weight is 405 g/mol. The van der Waals surface area contributed by atoms with E-state index >= 15 is 0 Å². The summed E-state index contributed by atoms with van der Waals surface area (Å²) in [5, 5.41) is 3.44. The molecule has 2 aromatic rings. The van der Waals surface area contributed by atoms with Crippen LogP contribution in [0.25, 0.3) is 0 Å². The molecular formula is C23H23N3O4. The van der Waals surface area contributed by atoms with Gasteiger partial charge in [0, 0.05) is 43.1 Å². The van der Waals surface area contributed by atoms with Gasteiger partial charge >= 0.3 is 0 Å². The molecule has 0 unspecified atom stereocenters. The van der Waals surface area contributed by atoms with E-state index in [9.17, 15) is 4.79 Å². The van der Waals surface area contributed by atoms with Crippen LogP contribution in [0.2, 0.25) is 0 Å². The molecule has 1 spiro atoms. The second-order valence-corrected chi connectivity index (χ2v) is 7.62. The number of carbonyl (C=O) groups is 1. The van der Waals surface area contributed by atoms with Crippen molar-refractivity contribution in [3.63, 3.8) is 0 Å². The fourth-order valence-corrected chi connectivity index (χ4v) is 4.43. The quantitative estimate of drug-likeness (QED) is 0.792. The Morgan fingerprint density at radius 2 is 1.80 bits per heavy atom. The maximum absolute atomic E-state index is 13.7. The topological polar surface area (TPSA) is 72.4 Å². The number of nitrogens with one attached hydrogen (secondary N) is 1. The summed E-state index contributed by atoms with van der Waals surface area (Å²) >= 11 is 0. The molecule has 0 atom stereocenters. The standard InChI is InChI=1S/C23H23N3O4/c1-24-22-20(19-8-14-6-4-5-7-18(14)25-19)21(27)23(12-30-13-23)26(22)15-9-16(28-2)11-17(10-15)29-3/h4-7,9-11,25H,8,12-13H2,1-3H3. The van der Waals surface area contributed by atoms with Crippen LogP contribution in [0.15, 0.2) is 58.7 Å². The van der Waals surface area contributed by atoms with E-state index in [4.69, 9.17) is 14.2 Å². The molecular weight excluding hydrogens is 382 g/mol. The van der Waals surface area contributed by atoms with E-state index in [1.54, 1.807) is 21.3 Å². The van der Waals surface area contributed by atoms with Gasteiger partial charge in [0.05, 0.1) is 38.7 Å². The number of Topliss-reactive ketones (excluding diaryl/α,β-unsaturated/α-hetero) is 1. The van der Waals surface area contributed by atoms with E-state index in [0.29, 0.717) is 42.5 Å². The Morgan fingerprint density at radius 3 is 2.37 bits per heavy atom. The first kappa shape index (κ1) is 18.7. The van der Waals surface area contributed by atoms with E-state index in [-0.39, 0.29) is 5.78 Å². The van der Waals surface area contributed by atoms with Crippen LogP contribution >= 0.6 is 0 Å². The van der Waals surface area contributed by atoms with Crippen LogP contribution in [-0.4, -0.2) is 51.6 Å². The number of benzene rings is 2. The first-order valence-electron chi connectivity index (χ1n) is 9.82. The Balaban J connectivity index is 1.66. The number of ether oxygens (including phenoxy) is 3. The predicted molar refractivity (Wildman–Crippen MR) is 115 cm³/mol.